The zero-order valence-corrected chi connectivity index (χ0v) is 16.4. The highest BCUT2D eigenvalue weighted by Crippen LogP contribution is 2.10. The van der Waals surface area contributed by atoms with Crippen molar-refractivity contribution in [3.05, 3.63) is 65.2 Å². The van der Waals surface area contributed by atoms with Crippen molar-refractivity contribution < 1.29 is 4.39 Å². The van der Waals surface area contributed by atoms with Crippen LogP contribution < -0.4 is 10.6 Å². The third-order valence-electron chi connectivity index (χ3n) is 3.42. The topological polar surface area (TPSA) is 49.3 Å². The van der Waals surface area contributed by atoms with Gasteiger partial charge in [-0.15, -0.1) is 24.0 Å². The Kier molecular flexibility index (Phi) is 9.29. The highest BCUT2D eigenvalue weighted by atomic mass is 127. The van der Waals surface area contributed by atoms with E-state index in [9.17, 15) is 4.39 Å². The maximum absolute atomic E-state index is 13.3. The van der Waals surface area contributed by atoms with Gasteiger partial charge >= 0.3 is 0 Å². The molecule has 0 bridgehead atoms. The summed E-state index contributed by atoms with van der Waals surface area (Å²) >= 11 is 0. The lowest BCUT2D eigenvalue weighted by Gasteiger charge is -2.11. The molecule has 4 nitrogen and oxygen atoms in total. The molecule has 24 heavy (non-hydrogen) atoms. The predicted octanol–water partition coefficient (Wildman–Crippen LogP) is 3.44. The third kappa shape index (κ3) is 6.82. The monoisotopic (exact) mass is 442 g/mol. The maximum atomic E-state index is 13.3. The lowest BCUT2D eigenvalue weighted by Crippen LogP contribution is -2.38. The van der Waals surface area contributed by atoms with Crippen LogP contribution in [0.2, 0.25) is 0 Å². The van der Waals surface area contributed by atoms with Crippen molar-refractivity contribution in [2.75, 3.05) is 13.1 Å². The molecule has 0 aliphatic heterocycles. The van der Waals surface area contributed by atoms with Crippen molar-refractivity contribution in [1.29, 1.82) is 0 Å². The Morgan fingerprint density at radius 1 is 1.21 bits per heavy atom. The zero-order chi connectivity index (χ0) is 16.5. The average molecular weight is 442 g/mol. The molecule has 0 fully saturated rings. The molecule has 1 heterocycles. The lowest BCUT2D eigenvalue weighted by molar-refractivity contribution is 0.617. The SMILES string of the molecule is CCNC(=NCc1ccc(F)c(C)c1)NCCc1cccnc1.I. The van der Waals surface area contributed by atoms with Gasteiger partial charge in [0.15, 0.2) is 5.96 Å². The van der Waals surface area contributed by atoms with Gasteiger partial charge in [0.25, 0.3) is 0 Å². The van der Waals surface area contributed by atoms with Gasteiger partial charge < -0.3 is 10.6 Å². The molecular weight excluding hydrogens is 418 g/mol. The van der Waals surface area contributed by atoms with Crippen LogP contribution in [0.4, 0.5) is 4.39 Å². The molecule has 0 aliphatic rings. The van der Waals surface area contributed by atoms with Crippen LogP contribution in [0.25, 0.3) is 0 Å². The summed E-state index contributed by atoms with van der Waals surface area (Å²) in [6.45, 7) is 5.88. The molecule has 6 heteroatoms. The second kappa shape index (κ2) is 11.0. The van der Waals surface area contributed by atoms with Gasteiger partial charge in [0.2, 0.25) is 0 Å². The molecule has 1 aromatic carbocycles. The van der Waals surface area contributed by atoms with Crippen molar-refractivity contribution >= 4 is 29.9 Å². The van der Waals surface area contributed by atoms with E-state index in [2.05, 4.69) is 26.7 Å². The Bertz CT molecular complexity index is 647. The van der Waals surface area contributed by atoms with E-state index in [1.54, 1.807) is 19.2 Å². The number of guanidine groups is 1. The summed E-state index contributed by atoms with van der Waals surface area (Å²) < 4.78 is 13.3. The highest BCUT2D eigenvalue weighted by molar-refractivity contribution is 14.0. The minimum absolute atomic E-state index is 0. The van der Waals surface area contributed by atoms with E-state index in [0.29, 0.717) is 12.1 Å². The van der Waals surface area contributed by atoms with Crippen LogP contribution in [-0.2, 0) is 13.0 Å². The van der Waals surface area contributed by atoms with Crippen molar-refractivity contribution in [3.8, 4) is 0 Å². The van der Waals surface area contributed by atoms with Crippen molar-refractivity contribution in [2.45, 2.75) is 26.8 Å². The summed E-state index contributed by atoms with van der Waals surface area (Å²) in [6, 6.07) is 9.08. The Hall–Kier alpha value is -1.70. The van der Waals surface area contributed by atoms with E-state index in [1.165, 1.54) is 11.6 Å². The quantitative estimate of drug-likeness (QED) is 0.410. The predicted molar refractivity (Wildman–Crippen MR) is 107 cm³/mol. The molecule has 0 atom stereocenters. The van der Waals surface area contributed by atoms with Gasteiger partial charge in [-0.25, -0.2) is 9.38 Å². The summed E-state index contributed by atoms with van der Waals surface area (Å²) in [5.41, 5.74) is 2.82. The first-order valence-electron chi connectivity index (χ1n) is 7.85. The van der Waals surface area contributed by atoms with Crippen LogP contribution in [0.3, 0.4) is 0 Å². The minimum Gasteiger partial charge on any atom is -0.357 e. The Balaban J connectivity index is 0.00000288. The van der Waals surface area contributed by atoms with Crippen LogP contribution >= 0.6 is 24.0 Å². The molecule has 0 aliphatic carbocycles. The van der Waals surface area contributed by atoms with Crippen LogP contribution in [0.15, 0.2) is 47.7 Å². The fourth-order valence-corrected chi connectivity index (χ4v) is 2.19. The fraction of sp³-hybridized carbons (Fsp3) is 0.333. The first-order valence-corrected chi connectivity index (χ1v) is 7.85. The normalized spacial score (nSPS) is 10.9. The summed E-state index contributed by atoms with van der Waals surface area (Å²) in [6.07, 6.45) is 4.52. The second-order valence-corrected chi connectivity index (χ2v) is 5.32. The molecule has 0 amide bonds. The van der Waals surface area contributed by atoms with Crippen molar-refractivity contribution in [2.24, 2.45) is 4.99 Å². The van der Waals surface area contributed by atoms with E-state index in [1.807, 2.05) is 25.3 Å². The molecule has 0 spiro atoms. The molecule has 0 saturated heterocycles. The Morgan fingerprint density at radius 3 is 2.71 bits per heavy atom. The molecule has 2 rings (SSSR count). The van der Waals surface area contributed by atoms with Crippen molar-refractivity contribution in [3.63, 3.8) is 0 Å². The number of hydrogen-bond donors (Lipinski definition) is 2. The lowest BCUT2D eigenvalue weighted by atomic mass is 10.1. The van der Waals surface area contributed by atoms with E-state index < -0.39 is 0 Å². The number of hydrogen-bond acceptors (Lipinski definition) is 2. The average Bonchev–Trinajstić information content (AvgIpc) is 2.56. The first-order chi connectivity index (χ1) is 11.2. The van der Waals surface area contributed by atoms with E-state index in [-0.39, 0.29) is 29.8 Å². The number of aliphatic imine (C=N–C) groups is 1. The Labute approximate surface area is 160 Å². The number of aromatic nitrogens is 1. The van der Waals surface area contributed by atoms with Gasteiger partial charge in [-0.2, -0.15) is 0 Å². The van der Waals surface area contributed by atoms with E-state index in [0.717, 1.165) is 31.0 Å². The number of nitrogens with one attached hydrogen (secondary N) is 2. The van der Waals surface area contributed by atoms with Crippen molar-refractivity contribution in [1.82, 2.24) is 15.6 Å². The van der Waals surface area contributed by atoms with Gasteiger partial charge in [-0.3, -0.25) is 4.98 Å². The largest absolute Gasteiger partial charge is 0.357 e. The number of rotatable bonds is 6. The summed E-state index contributed by atoms with van der Waals surface area (Å²) in [5, 5.41) is 6.52. The zero-order valence-electron chi connectivity index (χ0n) is 14.1. The van der Waals surface area contributed by atoms with Gasteiger partial charge in [-0.05, 0) is 49.1 Å². The molecular formula is C18H24FIN4. The van der Waals surface area contributed by atoms with Gasteiger partial charge in [0.05, 0.1) is 6.54 Å². The first kappa shape index (κ1) is 20.3. The fourth-order valence-electron chi connectivity index (χ4n) is 2.19. The molecule has 2 aromatic rings. The minimum atomic E-state index is -0.181. The maximum Gasteiger partial charge on any atom is 0.191 e. The van der Waals surface area contributed by atoms with Crippen LogP contribution in [0.1, 0.15) is 23.6 Å². The summed E-state index contributed by atoms with van der Waals surface area (Å²) in [4.78, 5) is 8.65. The number of benzene rings is 1. The van der Waals surface area contributed by atoms with E-state index in [4.69, 9.17) is 0 Å². The summed E-state index contributed by atoms with van der Waals surface area (Å²) in [5.74, 6) is 0.581. The molecule has 0 radical (unpaired) electrons. The van der Waals surface area contributed by atoms with Crippen LogP contribution in [-0.4, -0.2) is 24.0 Å². The molecule has 0 unspecified atom stereocenters. The number of aryl methyl sites for hydroxylation is 1. The van der Waals surface area contributed by atoms with Gasteiger partial charge in [-0.1, -0.05) is 18.2 Å². The van der Waals surface area contributed by atoms with Crippen LogP contribution in [0.5, 0.6) is 0 Å². The number of halogens is 2. The second-order valence-electron chi connectivity index (χ2n) is 5.32. The molecule has 0 saturated carbocycles. The van der Waals surface area contributed by atoms with Crippen LogP contribution in [0, 0.1) is 12.7 Å². The number of pyridine rings is 1. The van der Waals surface area contributed by atoms with Gasteiger partial charge in [0.1, 0.15) is 5.82 Å². The smallest absolute Gasteiger partial charge is 0.191 e. The third-order valence-corrected chi connectivity index (χ3v) is 3.42. The Morgan fingerprint density at radius 2 is 2.04 bits per heavy atom. The van der Waals surface area contributed by atoms with E-state index >= 15 is 0 Å². The summed E-state index contributed by atoms with van der Waals surface area (Å²) in [7, 11) is 0. The standard InChI is InChI=1S/C18H23FN4.HI/c1-3-21-18(22-10-8-15-5-4-9-20-12-15)23-13-16-6-7-17(19)14(2)11-16;/h4-7,9,11-12H,3,8,10,13H2,1-2H3,(H2,21,22,23);1H. The molecule has 130 valence electrons. The van der Waals surface area contributed by atoms with Gasteiger partial charge in [0, 0.05) is 25.5 Å². The molecule has 2 N–H and O–H groups in total. The highest BCUT2D eigenvalue weighted by Gasteiger charge is 2.01. The molecule has 1 aromatic heterocycles. The number of nitrogens with zero attached hydrogens (tertiary/aromatic N) is 2.